The Kier molecular flexibility index (Phi) is 4.48. The molecule has 0 saturated carbocycles. The van der Waals surface area contributed by atoms with Crippen LogP contribution in [0.25, 0.3) is 0 Å². The quantitative estimate of drug-likeness (QED) is 0.411. The van der Waals surface area contributed by atoms with Gasteiger partial charge in [0.25, 0.3) is 5.91 Å². The molecule has 0 aromatic heterocycles. The highest BCUT2D eigenvalue weighted by atomic mass is 16.2. The molecule has 4 aliphatic rings. The predicted molar refractivity (Wildman–Crippen MR) is 137 cm³/mol. The molecule has 2 atom stereocenters. The van der Waals surface area contributed by atoms with Crippen molar-refractivity contribution >= 4 is 29.1 Å². The maximum absolute atomic E-state index is 13.9. The van der Waals surface area contributed by atoms with Crippen LogP contribution in [0, 0.1) is 11.8 Å². The van der Waals surface area contributed by atoms with Crippen molar-refractivity contribution in [3.8, 4) is 0 Å². The highest BCUT2D eigenvalue weighted by Crippen LogP contribution is 2.61. The number of para-hydroxylation sites is 1. The summed E-state index contributed by atoms with van der Waals surface area (Å²) in [5.41, 5.74) is 6.07. The Morgan fingerprint density at radius 3 is 1.64 bits per heavy atom. The number of nitrogens with one attached hydrogen (secondary N) is 1. The van der Waals surface area contributed by atoms with Gasteiger partial charge in [-0.3, -0.25) is 14.4 Å². The maximum Gasteiger partial charge on any atom is 0.255 e. The van der Waals surface area contributed by atoms with Crippen molar-refractivity contribution in [2.75, 3.05) is 10.2 Å². The minimum absolute atomic E-state index is 0.154. The Morgan fingerprint density at radius 1 is 0.611 bits per heavy atom. The Balaban J connectivity index is 1.28. The number of nitrogens with zero attached hydrogens (tertiary/aromatic N) is 1. The van der Waals surface area contributed by atoms with E-state index in [1.54, 1.807) is 24.3 Å². The number of carbonyl (C=O) groups excluding carboxylic acids is 3. The molecule has 3 aliphatic carbocycles. The van der Waals surface area contributed by atoms with E-state index in [0.717, 1.165) is 22.3 Å². The fraction of sp³-hybridized carbons (Fsp3) is 0.129. The van der Waals surface area contributed by atoms with Crippen LogP contribution in [0.4, 0.5) is 11.4 Å². The van der Waals surface area contributed by atoms with Gasteiger partial charge in [-0.15, -0.1) is 0 Å². The van der Waals surface area contributed by atoms with Crippen LogP contribution in [-0.4, -0.2) is 17.7 Å². The lowest BCUT2D eigenvalue weighted by atomic mass is 9.55. The molecule has 8 rings (SSSR count). The SMILES string of the molecule is O=C(Nc1ccccc1)c1cccc(N2C(=O)[C@@H]3C4c5ccccc5C(c5ccccc54)[C@@H]3C2=O)c1. The number of hydrogen-bond donors (Lipinski definition) is 1. The fourth-order valence-electron chi connectivity index (χ4n) is 6.44. The van der Waals surface area contributed by atoms with E-state index in [0.29, 0.717) is 16.9 Å². The summed E-state index contributed by atoms with van der Waals surface area (Å²) in [6.07, 6.45) is 0. The van der Waals surface area contributed by atoms with E-state index in [-0.39, 0.29) is 29.6 Å². The first-order valence-electron chi connectivity index (χ1n) is 12.2. The van der Waals surface area contributed by atoms with E-state index in [9.17, 15) is 14.4 Å². The summed E-state index contributed by atoms with van der Waals surface area (Å²) in [5.74, 6) is -1.88. The number of rotatable bonds is 3. The average molecular weight is 471 g/mol. The van der Waals surface area contributed by atoms with Crippen molar-refractivity contribution in [2.24, 2.45) is 11.8 Å². The second kappa shape index (κ2) is 7.75. The zero-order chi connectivity index (χ0) is 24.4. The van der Waals surface area contributed by atoms with Crippen LogP contribution in [0.3, 0.4) is 0 Å². The normalized spacial score (nSPS) is 23.2. The minimum atomic E-state index is -0.450. The summed E-state index contributed by atoms with van der Waals surface area (Å²) < 4.78 is 0. The van der Waals surface area contributed by atoms with Crippen LogP contribution >= 0.6 is 0 Å². The zero-order valence-corrected chi connectivity index (χ0v) is 19.3. The molecule has 0 radical (unpaired) electrons. The summed E-state index contributed by atoms with van der Waals surface area (Å²) in [4.78, 5) is 42.1. The van der Waals surface area contributed by atoms with E-state index >= 15 is 0 Å². The van der Waals surface area contributed by atoms with Gasteiger partial charge in [-0.05, 0) is 52.6 Å². The lowest BCUT2D eigenvalue weighted by molar-refractivity contribution is -0.122. The van der Waals surface area contributed by atoms with Gasteiger partial charge in [0.05, 0.1) is 17.5 Å². The maximum atomic E-state index is 13.9. The van der Waals surface area contributed by atoms with Crippen LogP contribution < -0.4 is 10.2 Å². The van der Waals surface area contributed by atoms with Crippen molar-refractivity contribution in [1.82, 2.24) is 0 Å². The monoisotopic (exact) mass is 470 g/mol. The molecule has 1 heterocycles. The molecule has 174 valence electrons. The molecule has 0 spiro atoms. The molecular weight excluding hydrogens is 448 g/mol. The van der Waals surface area contributed by atoms with Gasteiger partial charge in [-0.25, -0.2) is 4.90 Å². The highest BCUT2D eigenvalue weighted by Gasteiger charge is 2.61. The second-order valence-corrected chi connectivity index (χ2v) is 9.65. The van der Waals surface area contributed by atoms with Gasteiger partial charge in [0, 0.05) is 23.1 Å². The predicted octanol–water partition coefficient (Wildman–Crippen LogP) is 5.34. The number of anilines is 2. The van der Waals surface area contributed by atoms with Gasteiger partial charge in [-0.2, -0.15) is 0 Å². The van der Waals surface area contributed by atoms with Crippen molar-refractivity contribution < 1.29 is 14.4 Å². The summed E-state index contributed by atoms with van der Waals surface area (Å²) in [6, 6.07) is 32.4. The first-order valence-corrected chi connectivity index (χ1v) is 12.2. The smallest absolute Gasteiger partial charge is 0.255 e. The fourth-order valence-corrected chi connectivity index (χ4v) is 6.44. The largest absolute Gasteiger partial charge is 0.322 e. The van der Waals surface area contributed by atoms with Crippen LogP contribution in [-0.2, 0) is 9.59 Å². The zero-order valence-electron chi connectivity index (χ0n) is 19.3. The van der Waals surface area contributed by atoms with Gasteiger partial charge < -0.3 is 5.32 Å². The molecule has 5 heteroatoms. The molecule has 1 N–H and O–H groups in total. The molecule has 1 saturated heterocycles. The van der Waals surface area contributed by atoms with Gasteiger partial charge in [0.1, 0.15) is 0 Å². The molecule has 1 aliphatic heterocycles. The van der Waals surface area contributed by atoms with Crippen molar-refractivity contribution in [3.63, 3.8) is 0 Å². The average Bonchev–Trinajstić information content (AvgIpc) is 3.19. The third-order valence-corrected chi connectivity index (χ3v) is 7.85. The van der Waals surface area contributed by atoms with Crippen LogP contribution in [0.1, 0.15) is 44.4 Å². The number of hydrogen-bond acceptors (Lipinski definition) is 3. The first-order chi connectivity index (χ1) is 17.6. The molecule has 2 bridgehead atoms. The van der Waals surface area contributed by atoms with Crippen molar-refractivity contribution in [2.45, 2.75) is 11.8 Å². The standard InChI is InChI=1S/C31H22N2O3/c34-29(32-19-10-2-1-3-11-19)18-9-8-12-20(17-18)33-30(35)27-25-21-13-4-5-14-22(21)26(28(27)31(33)36)24-16-7-6-15-23(24)25/h1-17,25-28H,(H,32,34)/t25?,26?,27-,28+. The number of amides is 3. The molecule has 5 nitrogen and oxygen atoms in total. The number of imide groups is 1. The molecular formula is C31H22N2O3. The Hall–Kier alpha value is -4.51. The van der Waals surface area contributed by atoms with Crippen LogP contribution in [0.2, 0.25) is 0 Å². The number of benzene rings is 4. The second-order valence-electron chi connectivity index (χ2n) is 9.65. The van der Waals surface area contributed by atoms with Crippen molar-refractivity contribution in [3.05, 3.63) is 131 Å². The molecule has 1 fully saturated rings. The third-order valence-electron chi connectivity index (χ3n) is 7.85. The van der Waals surface area contributed by atoms with Gasteiger partial charge >= 0.3 is 0 Å². The summed E-state index contributed by atoms with van der Waals surface area (Å²) in [7, 11) is 0. The van der Waals surface area contributed by atoms with Gasteiger partial charge in [-0.1, -0.05) is 72.8 Å². The number of carbonyl (C=O) groups is 3. The summed E-state index contributed by atoms with van der Waals surface area (Å²) in [6.45, 7) is 0. The highest BCUT2D eigenvalue weighted by molar-refractivity contribution is 6.23. The summed E-state index contributed by atoms with van der Waals surface area (Å²) in [5, 5.41) is 2.87. The Bertz CT molecular complexity index is 1450. The summed E-state index contributed by atoms with van der Waals surface area (Å²) >= 11 is 0. The lowest BCUT2D eigenvalue weighted by Gasteiger charge is -2.45. The van der Waals surface area contributed by atoms with Crippen LogP contribution in [0.5, 0.6) is 0 Å². The van der Waals surface area contributed by atoms with E-state index in [2.05, 4.69) is 29.6 Å². The third kappa shape index (κ3) is 2.86. The molecule has 4 aromatic rings. The first kappa shape index (κ1) is 20.8. The van der Waals surface area contributed by atoms with E-state index in [1.165, 1.54) is 4.90 Å². The molecule has 3 amide bonds. The topological polar surface area (TPSA) is 66.5 Å². The molecule has 36 heavy (non-hydrogen) atoms. The van der Waals surface area contributed by atoms with Gasteiger partial charge in [0.15, 0.2) is 0 Å². The van der Waals surface area contributed by atoms with E-state index in [1.807, 2.05) is 54.6 Å². The minimum Gasteiger partial charge on any atom is -0.322 e. The molecule has 4 aromatic carbocycles. The lowest BCUT2D eigenvalue weighted by Crippen LogP contribution is -2.41. The Morgan fingerprint density at radius 2 is 1.11 bits per heavy atom. The van der Waals surface area contributed by atoms with Crippen LogP contribution in [0.15, 0.2) is 103 Å². The van der Waals surface area contributed by atoms with Crippen molar-refractivity contribution in [1.29, 1.82) is 0 Å². The molecule has 0 unspecified atom stereocenters. The van der Waals surface area contributed by atoms with E-state index < -0.39 is 11.8 Å². The van der Waals surface area contributed by atoms with E-state index in [4.69, 9.17) is 0 Å². The van der Waals surface area contributed by atoms with Gasteiger partial charge in [0.2, 0.25) is 11.8 Å². The Labute approximate surface area is 208 Å².